The zero-order valence-corrected chi connectivity index (χ0v) is 12.6. The molecule has 5 heteroatoms. The number of aromatic nitrogens is 1. The molecule has 1 N–H and O–H groups in total. The fourth-order valence-corrected chi connectivity index (χ4v) is 3.48. The number of thiazole rings is 1. The molecule has 0 fully saturated rings. The summed E-state index contributed by atoms with van der Waals surface area (Å²) >= 11 is 3.58. The number of thiophene rings is 1. The molecular weight excluding hydrogens is 262 g/mol. The van der Waals surface area contributed by atoms with E-state index in [4.69, 9.17) is 0 Å². The summed E-state index contributed by atoms with van der Waals surface area (Å²) < 4.78 is 0. The van der Waals surface area contributed by atoms with Gasteiger partial charge in [0.05, 0.1) is 6.54 Å². The van der Waals surface area contributed by atoms with Crippen molar-refractivity contribution in [1.29, 1.82) is 0 Å². The first-order valence-electron chi connectivity index (χ1n) is 6.09. The van der Waals surface area contributed by atoms with Crippen LogP contribution in [0.15, 0.2) is 23.7 Å². The summed E-state index contributed by atoms with van der Waals surface area (Å²) in [6.07, 6.45) is 1.97. The Kier molecular flexibility index (Phi) is 4.74. The number of nitrogens with zero attached hydrogens (tertiary/aromatic N) is 2. The van der Waals surface area contributed by atoms with E-state index in [1.165, 1.54) is 9.75 Å². The Hall–Kier alpha value is -0.910. The van der Waals surface area contributed by atoms with Crippen LogP contribution in [0.25, 0.3) is 0 Å². The van der Waals surface area contributed by atoms with Crippen LogP contribution in [0.1, 0.15) is 23.6 Å². The lowest BCUT2D eigenvalue weighted by molar-refractivity contribution is 0.684. The topological polar surface area (TPSA) is 28.2 Å². The van der Waals surface area contributed by atoms with Crippen molar-refractivity contribution in [1.82, 2.24) is 10.3 Å². The quantitative estimate of drug-likeness (QED) is 0.880. The monoisotopic (exact) mass is 281 g/mol. The molecule has 0 aromatic carbocycles. The average Bonchev–Trinajstić information content (AvgIpc) is 2.96. The molecule has 2 heterocycles. The third-order valence-electron chi connectivity index (χ3n) is 2.67. The molecule has 0 radical (unpaired) electrons. The van der Waals surface area contributed by atoms with Crippen molar-refractivity contribution >= 4 is 27.8 Å². The van der Waals surface area contributed by atoms with E-state index in [9.17, 15) is 0 Å². The van der Waals surface area contributed by atoms with Crippen molar-refractivity contribution in [2.45, 2.75) is 33.0 Å². The molecule has 2 rings (SSSR count). The van der Waals surface area contributed by atoms with Gasteiger partial charge >= 0.3 is 0 Å². The molecule has 2 aromatic heterocycles. The third kappa shape index (κ3) is 3.31. The second-order valence-corrected chi connectivity index (χ2v) is 6.57. The fourth-order valence-electron chi connectivity index (χ4n) is 1.73. The van der Waals surface area contributed by atoms with E-state index in [0.717, 1.165) is 18.2 Å². The first-order valence-corrected chi connectivity index (χ1v) is 7.78. The predicted octanol–water partition coefficient (Wildman–Crippen LogP) is 3.34. The summed E-state index contributed by atoms with van der Waals surface area (Å²) in [6, 6.07) is 4.75. The highest BCUT2D eigenvalue weighted by molar-refractivity contribution is 7.15. The molecule has 0 saturated carbocycles. The molecule has 0 aliphatic rings. The normalized spacial score (nSPS) is 11.1. The molecule has 0 saturated heterocycles. The summed E-state index contributed by atoms with van der Waals surface area (Å²) in [5.74, 6) is 0. The lowest BCUT2D eigenvalue weighted by atomic mass is 10.3. The van der Waals surface area contributed by atoms with E-state index in [-0.39, 0.29) is 0 Å². The van der Waals surface area contributed by atoms with E-state index in [1.54, 1.807) is 22.7 Å². The van der Waals surface area contributed by atoms with Crippen molar-refractivity contribution in [3.8, 4) is 0 Å². The van der Waals surface area contributed by atoms with Crippen molar-refractivity contribution in [2.75, 3.05) is 11.9 Å². The van der Waals surface area contributed by atoms with Gasteiger partial charge in [0.2, 0.25) is 0 Å². The maximum Gasteiger partial charge on any atom is 0.186 e. The summed E-state index contributed by atoms with van der Waals surface area (Å²) in [7, 11) is 1.96. The van der Waals surface area contributed by atoms with Gasteiger partial charge in [-0.2, -0.15) is 0 Å². The molecule has 98 valence electrons. The highest BCUT2D eigenvalue weighted by atomic mass is 32.1. The Morgan fingerprint density at radius 1 is 1.39 bits per heavy atom. The Bertz CT molecular complexity index is 462. The van der Waals surface area contributed by atoms with Crippen LogP contribution < -0.4 is 10.2 Å². The second kappa shape index (κ2) is 6.31. The number of nitrogens with one attached hydrogen (secondary N) is 1. The van der Waals surface area contributed by atoms with Crippen LogP contribution in [-0.4, -0.2) is 18.1 Å². The Labute approximate surface area is 116 Å². The second-order valence-electron chi connectivity index (χ2n) is 4.44. The van der Waals surface area contributed by atoms with Crippen LogP contribution in [0.4, 0.5) is 5.13 Å². The van der Waals surface area contributed by atoms with E-state index in [1.807, 2.05) is 13.2 Å². The van der Waals surface area contributed by atoms with Crippen molar-refractivity contribution in [2.24, 2.45) is 0 Å². The van der Waals surface area contributed by atoms with Crippen molar-refractivity contribution in [3.63, 3.8) is 0 Å². The number of rotatable bonds is 6. The van der Waals surface area contributed by atoms with Gasteiger partial charge in [0, 0.05) is 28.5 Å². The summed E-state index contributed by atoms with van der Waals surface area (Å²) in [4.78, 5) is 9.57. The van der Waals surface area contributed by atoms with Gasteiger partial charge in [0.15, 0.2) is 5.13 Å². The summed E-state index contributed by atoms with van der Waals surface area (Å²) in [5.41, 5.74) is 0. The summed E-state index contributed by atoms with van der Waals surface area (Å²) in [6.45, 7) is 6.27. The maximum absolute atomic E-state index is 4.55. The van der Waals surface area contributed by atoms with Gasteiger partial charge in [0.1, 0.15) is 0 Å². The molecule has 18 heavy (non-hydrogen) atoms. The van der Waals surface area contributed by atoms with E-state index >= 15 is 0 Å². The van der Waals surface area contributed by atoms with Crippen LogP contribution in [0.2, 0.25) is 0 Å². The van der Waals surface area contributed by atoms with Crippen LogP contribution in [0, 0.1) is 0 Å². The lowest BCUT2D eigenvalue weighted by Gasteiger charge is -2.25. The van der Waals surface area contributed by atoms with E-state index < -0.39 is 0 Å². The number of hydrogen-bond donors (Lipinski definition) is 1. The van der Waals surface area contributed by atoms with Gasteiger partial charge in [-0.05, 0) is 32.3 Å². The largest absolute Gasteiger partial charge is 0.341 e. The fraction of sp³-hybridized carbons (Fsp3) is 0.462. The SMILES string of the molecule is CNCc1cnc(N(Cc2cccs2)C(C)C)s1. The highest BCUT2D eigenvalue weighted by Gasteiger charge is 2.15. The average molecular weight is 281 g/mol. The van der Waals surface area contributed by atoms with Crippen LogP contribution >= 0.6 is 22.7 Å². The Balaban J connectivity index is 2.13. The van der Waals surface area contributed by atoms with Crippen LogP contribution in [0.5, 0.6) is 0 Å². The molecule has 0 atom stereocenters. The van der Waals surface area contributed by atoms with E-state index in [2.05, 4.69) is 46.6 Å². The minimum Gasteiger partial charge on any atom is -0.341 e. The number of anilines is 1. The first kappa shape index (κ1) is 13.5. The summed E-state index contributed by atoms with van der Waals surface area (Å²) in [5, 5.41) is 6.41. The Morgan fingerprint density at radius 3 is 2.83 bits per heavy atom. The van der Waals surface area contributed by atoms with Gasteiger partial charge < -0.3 is 10.2 Å². The smallest absolute Gasteiger partial charge is 0.186 e. The lowest BCUT2D eigenvalue weighted by Crippen LogP contribution is -2.29. The highest BCUT2D eigenvalue weighted by Crippen LogP contribution is 2.26. The van der Waals surface area contributed by atoms with Gasteiger partial charge in [-0.1, -0.05) is 6.07 Å². The molecule has 0 aliphatic heterocycles. The molecular formula is C13H19N3S2. The standard InChI is InChI=1S/C13H19N3S2/c1-10(2)16(9-11-5-4-6-17-11)13-15-8-12(18-13)7-14-3/h4-6,8,10,14H,7,9H2,1-3H3. The minimum absolute atomic E-state index is 0.459. The zero-order chi connectivity index (χ0) is 13.0. The van der Waals surface area contributed by atoms with Crippen molar-refractivity contribution < 1.29 is 0 Å². The molecule has 3 nitrogen and oxygen atoms in total. The van der Waals surface area contributed by atoms with Crippen LogP contribution in [-0.2, 0) is 13.1 Å². The zero-order valence-electron chi connectivity index (χ0n) is 11.0. The van der Waals surface area contributed by atoms with Crippen molar-refractivity contribution in [3.05, 3.63) is 33.5 Å². The van der Waals surface area contributed by atoms with Gasteiger partial charge in [-0.15, -0.1) is 22.7 Å². The van der Waals surface area contributed by atoms with Gasteiger partial charge in [-0.25, -0.2) is 4.98 Å². The van der Waals surface area contributed by atoms with E-state index in [0.29, 0.717) is 6.04 Å². The minimum atomic E-state index is 0.459. The molecule has 0 spiro atoms. The van der Waals surface area contributed by atoms with Gasteiger partial charge in [0.25, 0.3) is 0 Å². The molecule has 0 unspecified atom stereocenters. The first-order chi connectivity index (χ1) is 8.70. The molecule has 0 bridgehead atoms. The Morgan fingerprint density at radius 2 is 2.22 bits per heavy atom. The molecule has 2 aromatic rings. The molecule has 0 amide bonds. The number of hydrogen-bond acceptors (Lipinski definition) is 5. The maximum atomic E-state index is 4.55. The molecule has 0 aliphatic carbocycles. The predicted molar refractivity (Wildman–Crippen MR) is 80.5 cm³/mol. The van der Waals surface area contributed by atoms with Crippen LogP contribution in [0.3, 0.4) is 0 Å². The van der Waals surface area contributed by atoms with Gasteiger partial charge in [-0.3, -0.25) is 0 Å². The third-order valence-corrected chi connectivity index (χ3v) is 4.56.